The number of amides is 1. The zero-order chi connectivity index (χ0) is 14.3. The summed E-state index contributed by atoms with van der Waals surface area (Å²) >= 11 is 0. The summed E-state index contributed by atoms with van der Waals surface area (Å²) < 4.78 is 10.6. The second-order valence-corrected chi connectivity index (χ2v) is 3.93. The van der Waals surface area contributed by atoms with Gasteiger partial charge in [0.05, 0.1) is 13.7 Å². The average Bonchev–Trinajstić information content (AvgIpc) is 2.37. The van der Waals surface area contributed by atoms with Crippen molar-refractivity contribution in [2.24, 2.45) is 5.73 Å². The van der Waals surface area contributed by atoms with Crippen LogP contribution < -0.4 is 15.2 Å². The van der Waals surface area contributed by atoms with Crippen molar-refractivity contribution >= 4 is 11.9 Å². The maximum absolute atomic E-state index is 11.0. The van der Waals surface area contributed by atoms with Crippen LogP contribution in [0.25, 0.3) is 0 Å². The highest BCUT2D eigenvalue weighted by Gasteiger charge is 2.08. The molecule has 0 aliphatic carbocycles. The number of carbonyl (C=O) groups is 2. The molecule has 6 nitrogen and oxygen atoms in total. The monoisotopic (exact) mass is 267 g/mol. The lowest BCUT2D eigenvalue weighted by Crippen LogP contribution is -2.11. The van der Waals surface area contributed by atoms with E-state index in [4.69, 9.17) is 20.3 Å². The van der Waals surface area contributed by atoms with Crippen LogP contribution in [0.4, 0.5) is 0 Å². The van der Waals surface area contributed by atoms with E-state index >= 15 is 0 Å². The van der Waals surface area contributed by atoms with Crippen molar-refractivity contribution in [3.63, 3.8) is 0 Å². The van der Waals surface area contributed by atoms with Gasteiger partial charge in [0.15, 0.2) is 11.5 Å². The lowest BCUT2D eigenvalue weighted by Gasteiger charge is -2.11. The number of primary amides is 1. The number of carboxylic acid groups (broad SMARTS) is 1. The first-order chi connectivity index (χ1) is 9.04. The molecule has 0 saturated heterocycles. The van der Waals surface area contributed by atoms with Gasteiger partial charge in [-0.25, -0.2) is 0 Å². The van der Waals surface area contributed by atoms with Gasteiger partial charge in [-0.1, -0.05) is 0 Å². The van der Waals surface area contributed by atoms with E-state index in [0.29, 0.717) is 36.5 Å². The van der Waals surface area contributed by atoms with Crippen molar-refractivity contribution in [1.29, 1.82) is 0 Å². The first-order valence-corrected chi connectivity index (χ1v) is 5.87. The number of methoxy groups -OCH3 is 1. The number of ether oxygens (including phenoxy) is 2. The molecule has 0 fully saturated rings. The van der Waals surface area contributed by atoms with Crippen LogP contribution in [-0.2, 0) is 4.79 Å². The Hall–Kier alpha value is -2.24. The van der Waals surface area contributed by atoms with Gasteiger partial charge in [-0.05, 0) is 31.0 Å². The predicted octanol–water partition coefficient (Wildman–Crippen LogP) is 1.43. The number of carbonyl (C=O) groups excluding carboxylic acids is 1. The normalized spacial score (nSPS) is 9.95. The summed E-state index contributed by atoms with van der Waals surface area (Å²) in [5.74, 6) is -0.424. The van der Waals surface area contributed by atoms with Crippen LogP contribution in [0.3, 0.4) is 0 Å². The quantitative estimate of drug-likeness (QED) is 0.694. The van der Waals surface area contributed by atoms with E-state index in [2.05, 4.69) is 0 Å². The second-order valence-electron chi connectivity index (χ2n) is 3.93. The minimum Gasteiger partial charge on any atom is -0.493 e. The first-order valence-electron chi connectivity index (χ1n) is 5.87. The minimum absolute atomic E-state index is 0.126. The van der Waals surface area contributed by atoms with Crippen LogP contribution >= 0.6 is 0 Å². The Kier molecular flexibility index (Phi) is 5.66. The van der Waals surface area contributed by atoms with E-state index in [1.165, 1.54) is 13.2 Å². The van der Waals surface area contributed by atoms with E-state index < -0.39 is 11.9 Å². The molecule has 1 aromatic carbocycles. The minimum atomic E-state index is -0.816. The molecule has 0 radical (unpaired) electrons. The fraction of sp³-hybridized carbons (Fsp3) is 0.385. The highest BCUT2D eigenvalue weighted by Crippen LogP contribution is 2.28. The molecule has 1 amide bonds. The summed E-state index contributed by atoms with van der Waals surface area (Å²) in [6.07, 6.45) is 1.31. The van der Waals surface area contributed by atoms with Gasteiger partial charge in [0.2, 0.25) is 5.91 Å². The molecule has 1 aromatic rings. The summed E-state index contributed by atoms with van der Waals surface area (Å²) in [4.78, 5) is 21.3. The SMILES string of the molecule is COc1cc(C(N)=O)ccc1OCCCCC(=O)O. The summed E-state index contributed by atoms with van der Waals surface area (Å²) in [5, 5.41) is 8.49. The number of hydrogen-bond donors (Lipinski definition) is 2. The Bertz CT molecular complexity index is 458. The van der Waals surface area contributed by atoms with Gasteiger partial charge < -0.3 is 20.3 Å². The van der Waals surface area contributed by atoms with Gasteiger partial charge in [0.1, 0.15) is 0 Å². The molecule has 104 valence electrons. The lowest BCUT2D eigenvalue weighted by atomic mass is 10.2. The molecular weight excluding hydrogens is 250 g/mol. The topological polar surface area (TPSA) is 98.9 Å². The molecule has 0 spiro atoms. The Labute approximate surface area is 111 Å². The fourth-order valence-electron chi connectivity index (χ4n) is 1.50. The number of rotatable bonds is 8. The van der Waals surface area contributed by atoms with E-state index in [1.54, 1.807) is 12.1 Å². The number of nitrogens with two attached hydrogens (primary N) is 1. The first kappa shape index (κ1) is 14.8. The molecule has 0 aromatic heterocycles. The number of unbranched alkanes of at least 4 members (excludes halogenated alkanes) is 1. The summed E-state index contributed by atoms with van der Waals surface area (Å²) in [7, 11) is 1.47. The lowest BCUT2D eigenvalue weighted by molar-refractivity contribution is -0.137. The van der Waals surface area contributed by atoms with Crippen molar-refractivity contribution in [3.05, 3.63) is 23.8 Å². The van der Waals surface area contributed by atoms with Crippen molar-refractivity contribution in [3.8, 4) is 11.5 Å². The number of benzene rings is 1. The van der Waals surface area contributed by atoms with E-state index in [-0.39, 0.29) is 6.42 Å². The van der Waals surface area contributed by atoms with Crippen molar-refractivity contribution in [2.45, 2.75) is 19.3 Å². The van der Waals surface area contributed by atoms with Crippen molar-refractivity contribution < 1.29 is 24.2 Å². The summed E-state index contributed by atoms with van der Waals surface area (Å²) in [6, 6.07) is 4.67. The van der Waals surface area contributed by atoms with E-state index in [1.807, 2.05) is 0 Å². The number of carboxylic acids is 1. The second kappa shape index (κ2) is 7.25. The van der Waals surface area contributed by atoms with Gasteiger partial charge >= 0.3 is 5.97 Å². The van der Waals surface area contributed by atoms with Gasteiger partial charge in [0, 0.05) is 12.0 Å². The van der Waals surface area contributed by atoms with Gasteiger partial charge in [-0.15, -0.1) is 0 Å². The Morgan fingerprint density at radius 3 is 2.58 bits per heavy atom. The highest BCUT2D eigenvalue weighted by molar-refractivity contribution is 5.93. The van der Waals surface area contributed by atoms with Crippen LogP contribution in [0.5, 0.6) is 11.5 Å². The predicted molar refractivity (Wildman–Crippen MR) is 68.5 cm³/mol. The third-order valence-electron chi connectivity index (χ3n) is 2.49. The van der Waals surface area contributed by atoms with Crippen LogP contribution in [-0.4, -0.2) is 30.7 Å². The van der Waals surface area contributed by atoms with Crippen molar-refractivity contribution in [2.75, 3.05) is 13.7 Å². The summed E-state index contributed by atoms with van der Waals surface area (Å²) in [6.45, 7) is 0.388. The molecule has 1 rings (SSSR count). The smallest absolute Gasteiger partial charge is 0.303 e. The van der Waals surface area contributed by atoms with Crippen molar-refractivity contribution in [1.82, 2.24) is 0 Å². The number of hydrogen-bond acceptors (Lipinski definition) is 4. The molecule has 0 unspecified atom stereocenters. The summed E-state index contributed by atoms with van der Waals surface area (Å²) in [5.41, 5.74) is 5.51. The fourth-order valence-corrected chi connectivity index (χ4v) is 1.50. The molecule has 0 bridgehead atoms. The molecule has 0 heterocycles. The molecule has 0 aliphatic rings. The average molecular weight is 267 g/mol. The zero-order valence-electron chi connectivity index (χ0n) is 10.7. The standard InChI is InChI=1S/C13H17NO5/c1-18-11-8-9(13(14)17)5-6-10(11)19-7-3-2-4-12(15)16/h5-6,8H,2-4,7H2,1H3,(H2,14,17)(H,15,16). The molecule has 0 saturated carbocycles. The van der Waals surface area contributed by atoms with Gasteiger partial charge in [0.25, 0.3) is 0 Å². The molecule has 3 N–H and O–H groups in total. The van der Waals surface area contributed by atoms with Crippen LogP contribution in [0.2, 0.25) is 0 Å². The Morgan fingerprint density at radius 1 is 1.26 bits per heavy atom. The van der Waals surface area contributed by atoms with Crippen LogP contribution in [0.1, 0.15) is 29.6 Å². The molecule has 0 aliphatic heterocycles. The Balaban J connectivity index is 2.53. The molecule has 19 heavy (non-hydrogen) atoms. The van der Waals surface area contributed by atoms with Gasteiger partial charge in [-0.2, -0.15) is 0 Å². The highest BCUT2D eigenvalue weighted by atomic mass is 16.5. The van der Waals surface area contributed by atoms with Crippen LogP contribution in [0.15, 0.2) is 18.2 Å². The van der Waals surface area contributed by atoms with E-state index in [9.17, 15) is 9.59 Å². The molecular formula is C13H17NO5. The van der Waals surface area contributed by atoms with Gasteiger partial charge in [-0.3, -0.25) is 9.59 Å². The third-order valence-corrected chi connectivity index (χ3v) is 2.49. The maximum atomic E-state index is 11.0. The maximum Gasteiger partial charge on any atom is 0.303 e. The van der Waals surface area contributed by atoms with E-state index in [0.717, 1.165) is 0 Å². The molecule has 6 heteroatoms. The largest absolute Gasteiger partial charge is 0.493 e. The zero-order valence-corrected chi connectivity index (χ0v) is 10.7. The van der Waals surface area contributed by atoms with Crippen LogP contribution in [0, 0.1) is 0 Å². The molecule has 0 atom stereocenters. The Morgan fingerprint density at radius 2 is 2.00 bits per heavy atom. The number of aliphatic carboxylic acids is 1. The third kappa shape index (κ3) is 4.87.